The Bertz CT molecular complexity index is 474. The molecule has 0 radical (unpaired) electrons. The molecule has 19 heavy (non-hydrogen) atoms. The van der Waals surface area contributed by atoms with Crippen LogP contribution in [0.15, 0.2) is 6.20 Å². The fraction of sp³-hybridized carbons (Fsp3) is 0.583. The van der Waals surface area contributed by atoms with Crippen molar-refractivity contribution in [2.24, 2.45) is 0 Å². The minimum Gasteiger partial charge on any atom is -0.355 e. The van der Waals surface area contributed by atoms with Gasteiger partial charge in [-0.1, -0.05) is 0 Å². The molecular formula is C12H18N4O2S. The summed E-state index contributed by atoms with van der Waals surface area (Å²) in [5.74, 6) is -0.215. The molecule has 0 bridgehead atoms. The van der Waals surface area contributed by atoms with Crippen molar-refractivity contribution in [1.29, 1.82) is 0 Å². The Kier molecular flexibility index (Phi) is 4.49. The standard InChI is InChI=1S/C12H18N4O2S/c1-3-14-11(17)9-6-13-4-5-16(9)12(18)10-7-15-8(2)19-10/h7,9,13H,3-6H2,1-2H3,(H,14,17). The van der Waals surface area contributed by atoms with E-state index in [1.807, 2.05) is 13.8 Å². The first-order valence-electron chi connectivity index (χ1n) is 6.35. The van der Waals surface area contributed by atoms with Gasteiger partial charge in [0.2, 0.25) is 5.91 Å². The van der Waals surface area contributed by atoms with Gasteiger partial charge in [0.25, 0.3) is 5.91 Å². The summed E-state index contributed by atoms with van der Waals surface area (Å²) in [7, 11) is 0. The second-order valence-corrected chi connectivity index (χ2v) is 5.59. The van der Waals surface area contributed by atoms with E-state index in [0.717, 1.165) is 5.01 Å². The highest BCUT2D eigenvalue weighted by molar-refractivity contribution is 7.13. The third-order valence-electron chi connectivity index (χ3n) is 2.99. The van der Waals surface area contributed by atoms with Crippen LogP contribution in [0.4, 0.5) is 0 Å². The number of thiazole rings is 1. The molecule has 1 saturated heterocycles. The molecule has 1 aromatic heterocycles. The summed E-state index contributed by atoms with van der Waals surface area (Å²) in [5, 5.41) is 6.78. The molecule has 1 fully saturated rings. The molecule has 1 atom stereocenters. The number of piperazine rings is 1. The van der Waals surface area contributed by atoms with E-state index >= 15 is 0 Å². The Morgan fingerprint density at radius 3 is 3.05 bits per heavy atom. The monoisotopic (exact) mass is 282 g/mol. The Morgan fingerprint density at radius 1 is 1.63 bits per heavy atom. The number of amides is 2. The predicted octanol–water partition coefficient (Wildman–Crippen LogP) is 0.00162. The Morgan fingerprint density at radius 2 is 2.42 bits per heavy atom. The lowest BCUT2D eigenvalue weighted by atomic mass is 10.1. The van der Waals surface area contributed by atoms with Crippen molar-refractivity contribution in [1.82, 2.24) is 20.5 Å². The zero-order chi connectivity index (χ0) is 13.8. The van der Waals surface area contributed by atoms with Gasteiger partial charge in [-0.25, -0.2) is 4.98 Å². The van der Waals surface area contributed by atoms with Gasteiger partial charge in [0, 0.05) is 26.2 Å². The normalized spacial score (nSPS) is 19.3. The summed E-state index contributed by atoms with van der Waals surface area (Å²) in [6, 6.07) is -0.441. The number of carbonyl (C=O) groups excluding carboxylic acids is 2. The number of likely N-dealkylation sites (N-methyl/N-ethyl adjacent to an activating group) is 1. The van der Waals surface area contributed by atoms with E-state index in [1.54, 1.807) is 11.1 Å². The lowest BCUT2D eigenvalue weighted by molar-refractivity contribution is -0.126. The smallest absolute Gasteiger partial charge is 0.266 e. The van der Waals surface area contributed by atoms with Gasteiger partial charge in [-0.05, 0) is 13.8 Å². The predicted molar refractivity (Wildman–Crippen MR) is 73.2 cm³/mol. The van der Waals surface area contributed by atoms with Crippen molar-refractivity contribution < 1.29 is 9.59 Å². The largest absolute Gasteiger partial charge is 0.355 e. The minimum atomic E-state index is -0.441. The quantitative estimate of drug-likeness (QED) is 0.818. The fourth-order valence-corrected chi connectivity index (χ4v) is 2.81. The summed E-state index contributed by atoms with van der Waals surface area (Å²) in [6.45, 7) is 6.04. The van der Waals surface area contributed by atoms with E-state index in [-0.39, 0.29) is 11.8 Å². The average molecular weight is 282 g/mol. The van der Waals surface area contributed by atoms with Gasteiger partial charge >= 0.3 is 0 Å². The van der Waals surface area contributed by atoms with Crippen molar-refractivity contribution in [2.45, 2.75) is 19.9 Å². The molecule has 1 aliphatic rings. The maximum absolute atomic E-state index is 12.4. The highest BCUT2D eigenvalue weighted by Crippen LogP contribution is 2.16. The maximum Gasteiger partial charge on any atom is 0.266 e. The van der Waals surface area contributed by atoms with Gasteiger partial charge in [0.1, 0.15) is 10.9 Å². The van der Waals surface area contributed by atoms with Crippen molar-refractivity contribution >= 4 is 23.2 Å². The Balaban J connectivity index is 2.15. The summed E-state index contributed by atoms with van der Waals surface area (Å²) >= 11 is 1.36. The topological polar surface area (TPSA) is 74.3 Å². The number of aromatic nitrogens is 1. The zero-order valence-corrected chi connectivity index (χ0v) is 11.9. The molecule has 0 saturated carbocycles. The number of carbonyl (C=O) groups is 2. The number of hydrogen-bond donors (Lipinski definition) is 2. The van der Waals surface area contributed by atoms with Crippen molar-refractivity contribution in [2.75, 3.05) is 26.2 Å². The van der Waals surface area contributed by atoms with Crippen LogP contribution in [0.25, 0.3) is 0 Å². The van der Waals surface area contributed by atoms with Crippen LogP contribution in [0.5, 0.6) is 0 Å². The maximum atomic E-state index is 12.4. The molecule has 6 nitrogen and oxygen atoms in total. The number of aryl methyl sites for hydroxylation is 1. The lowest BCUT2D eigenvalue weighted by Crippen LogP contribution is -2.59. The first kappa shape index (κ1) is 14.0. The van der Waals surface area contributed by atoms with Crippen LogP contribution in [0.3, 0.4) is 0 Å². The van der Waals surface area contributed by atoms with E-state index in [2.05, 4.69) is 15.6 Å². The SMILES string of the molecule is CCNC(=O)C1CNCCN1C(=O)c1cnc(C)s1. The van der Waals surface area contributed by atoms with Gasteiger partial charge in [-0.15, -0.1) is 11.3 Å². The summed E-state index contributed by atoms with van der Waals surface area (Å²) in [4.78, 5) is 30.7. The number of rotatable bonds is 3. The Labute approximate surface area is 116 Å². The summed E-state index contributed by atoms with van der Waals surface area (Å²) in [6.07, 6.45) is 1.58. The Hall–Kier alpha value is -1.47. The highest BCUT2D eigenvalue weighted by Gasteiger charge is 2.32. The molecule has 2 heterocycles. The molecule has 0 aromatic carbocycles. The van der Waals surface area contributed by atoms with E-state index in [0.29, 0.717) is 31.1 Å². The molecule has 1 unspecified atom stereocenters. The van der Waals surface area contributed by atoms with Crippen LogP contribution >= 0.6 is 11.3 Å². The molecule has 104 valence electrons. The first-order chi connectivity index (χ1) is 9.13. The van der Waals surface area contributed by atoms with Crippen molar-refractivity contribution in [3.8, 4) is 0 Å². The highest BCUT2D eigenvalue weighted by atomic mass is 32.1. The van der Waals surface area contributed by atoms with Crippen molar-refractivity contribution in [3.63, 3.8) is 0 Å². The molecular weight excluding hydrogens is 264 g/mol. The fourth-order valence-electron chi connectivity index (χ4n) is 2.08. The van der Waals surface area contributed by atoms with Gasteiger partial charge < -0.3 is 15.5 Å². The average Bonchev–Trinajstić information content (AvgIpc) is 2.85. The third kappa shape index (κ3) is 3.10. The molecule has 7 heteroatoms. The summed E-state index contributed by atoms with van der Waals surface area (Å²) in [5.41, 5.74) is 0. The molecule has 2 rings (SSSR count). The molecule has 0 aliphatic carbocycles. The van der Waals surface area contributed by atoms with E-state index in [1.165, 1.54) is 11.3 Å². The molecule has 2 amide bonds. The zero-order valence-electron chi connectivity index (χ0n) is 11.1. The molecule has 2 N–H and O–H groups in total. The minimum absolute atomic E-state index is 0.107. The van der Waals surface area contributed by atoms with Crippen molar-refractivity contribution in [3.05, 3.63) is 16.1 Å². The van der Waals surface area contributed by atoms with Gasteiger partial charge in [0.05, 0.1) is 11.2 Å². The lowest BCUT2D eigenvalue weighted by Gasteiger charge is -2.34. The second kappa shape index (κ2) is 6.12. The van der Waals surface area contributed by atoms with Crippen LogP contribution in [0.2, 0.25) is 0 Å². The summed E-state index contributed by atoms with van der Waals surface area (Å²) < 4.78 is 0. The number of hydrogen-bond acceptors (Lipinski definition) is 5. The third-order valence-corrected chi connectivity index (χ3v) is 3.89. The van der Waals surface area contributed by atoms with E-state index in [4.69, 9.17) is 0 Å². The molecule has 1 aliphatic heterocycles. The van der Waals surface area contributed by atoms with Gasteiger partial charge in [0.15, 0.2) is 0 Å². The van der Waals surface area contributed by atoms with E-state index in [9.17, 15) is 9.59 Å². The van der Waals surface area contributed by atoms with Crippen LogP contribution in [-0.4, -0.2) is 53.9 Å². The van der Waals surface area contributed by atoms with Crippen LogP contribution in [0, 0.1) is 6.92 Å². The van der Waals surface area contributed by atoms with Gasteiger partial charge in [-0.2, -0.15) is 0 Å². The molecule has 1 aromatic rings. The van der Waals surface area contributed by atoms with Crippen LogP contribution in [0.1, 0.15) is 21.6 Å². The number of nitrogens with one attached hydrogen (secondary N) is 2. The van der Waals surface area contributed by atoms with E-state index < -0.39 is 6.04 Å². The van der Waals surface area contributed by atoms with Crippen LogP contribution < -0.4 is 10.6 Å². The van der Waals surface area contributed by atoms with Gasteiger partial charge in [-0.3, -0.25) is 9.59 Å². The number of nitrogens with zero attached hydrogens (tertiary/aromatic N) is 2. The molecule has 0 spiro atoms. The van der Waals surface area contributed by atoms with Crippen LogP contribution in [-0.2, 0) is 4.79 Å². The second-order valence-electron chi connectivity index (χ2n) is 4.36. The first-order valence-corrected chi connectivity index (χ1v) is 7.17.